The van der Waals surface area contributed by atoms with E-state index in [1.54, 1.807) is 28.6 Å². The zero-order valence-electron chi connectivity index (χ0n) is 11.3. The molecule has 0 aromatic heterocycles. The molecule has 6 heteroatoms. The molecule has 0 amide bonds. The van der Waals surface area contributed by atoms with E-state index in [4.69, 9.17) is 11.6 Å². The van der Waals surface area contributed by atoms with Gasteiger partial charge in [-0.05, 0) is 50.1 Å². The van der Waals surface area contributed by atoms with Crippen LogP contribution in [-0.2, 0) is 10.0 Å². The van der Waals surface area contributed by atoms with Crippen molar-refractivity contribution in [2.75, 3.05) is 6.26 Å². The smallest absolute Gasteiger partial charge is 0.207 e. The number of sulfonamides is 1. The average molecular weight is 332 g/mol. The minimum Gasteiger partial charge on any atom is -0.207 e. The Morgan fingerprint density at radius 1 is 1.25 bits per heavy atom. The van der Waals surface area contributed by atoms with Crippen LogP contribution in [0.5, 0.6) is 0 Å². The summed E-state index contributed by atoms with van der Waals surface area (Å²) in [6.45, 7) is 0. The summed E-state index contributed by atoms with van der Waals surface area (Å²) in [5.41, 5.74) is 0. The molecule has 2 heterocycles. The highest BCUT2D eigenvalue weighted by atomic mass is 35.5. The lowest BCUT2D eigenvalue weighted by Crippen LogP contribution is -2.47. The van der Waals surface area contributed by atoms with Crippen LogP contribution < -0.4 is 0 Å². The molecule has 2 aliphatic rings. The van der Waals surface area contributed by atoms with E-state index in [1.807, 2.05) is 11.8 Å². The zero-order chi connectivity index (χ0) is 14.3. The normalized spacial score (nSPS) is 30.6. The maximum absolute atomic E-state index is 12.9. The van der Waals surface area contributed by atoms with Crippen LogP contribution in [0.2, 0.25) is 5.02 Å². The summed E-state index contributed by atoms with van der Waals surface area (Å²) < 4.78 is 27.5. The Hall–Kier alpha value is -0.230. The van der Waals surface area contributed by atoms with E-state index in [2.05, 4.69) is 6.26 Å². The van der Waals surface area contributed by atoms with Crippen LogP contribution in [0.1, 0.15) is 25.7 Å². The van der Waals surface area contributed by atoms with Gasteiger partial charge in [0.15, 0.2) is 0 Å². The van der Waals surface area contributed by atoms with Crippen molar-refractivity contribution in [3.8, 4) is 0 Å². The highest BCUT2D eigenvalue weighted by Gasteiger charge is 2.46. The predicted molar refractivity (Wildman–Crippen MR) is 83.8 cm³/mol. The molecule has 110 valence electrons. The van der Waals surface area contributed by atoms with Crippen molar-refractivity contribution < 1.29 is 8.42 Å². The molecule has 0 spiro atoms. The van der Waals surface area contributed by atoms with Crippen molar-refractivity contribution >= 4 is 33.4 Å². The first-order chi connectivity index (χ1) is 9.52. The molecule has 0 N–H and O–H groups in total. The van der Waals surface area contributed by atoms with Crippen molar-refractivity contribution in [1.82, 2.24) is 4.31 Å². The van der Waals surface area contributed by atoms with E-state index >= 15 is 0 Å². The Morgan fingerprint density at radius 2 is 1.90 bits per heavy atom. The van der Waals surface area contributed by atoms with E-state index in [0.717, 1.165) is 25.7 Å². The minimum absolute atomic E-state index is 0.162. The number of piperidine rings is 1. The van der Waals surface area contributed by atoms with Crippen molar-refractivity contribution in [2.24, 2.45) is 0 Å². The molecule has 2 atom stereocenters. The lowest BCUT2D eigenvalue weighted by Gasteiger charge is -2.37. The fourth-order valence-electron chi connectivity index (χ4n) is 3.42. The van der Waals surface area contributed by atoms with Crippen LogP contribution in [0, 0.1) is 0 Å². The molecule has 1 aromatic carbocycles. The van der Waals surface area contributed by atoms with E-state index in [0.29, 0.717) is 15.2 Å². The SMILES string of the molecule is CSC1CC2CCC(C1)N2S(=O)(=O)c1cccc(Cl)c1. The minimum atomic E-state index is -3.41. The van der Waals surface area contributed by atoms with Crippen LogP contribution in [-0.4, -0.2) is 36.3 Å². The molecule has 2 unspecified atom stereocenters. The Labute approximate surface area is 129 Å². The summed E-state index contributed by atoms with van der Waals surface area (Å²) in [6.07, 6.45) is 6.03. The summed E-state index contributed by atoms with van der Waals surface area (Å²) in [4.78, 5) is 0.324. The first-order valence-electron chi connectivity index (χ1n) is 6.84. The molecule has 2 fully saturated rings. The number of hydrogen-bond donors (Lipinski definition) is 0. The molecule has 3 nitrogen and oxygen atoms in total. The topological polar surface area (TPSA) is 37.4 Å². The van der Waals surface area contributed by atoms with Crippen LogP contribution >= 0.6 is 23.4 Å². The molecule has 0 aliphatic carbocycles. The summed E-state index contributed by atoms with van der Waals surface area (Å²) in [7, 11) is -3.41. The maximum atomic E-state index is 12.9. The van der Waals surface area contributed by atoms with Crippen molar-refractivity contribution in [1.29, 1.82) is 0 Å². The van der Waals surface area contributed by atoms with Crippen LogP contribution in [0.25, 0.3) is 0 Å². The van der Waals surface area contributed by atoms with Gasteiger partial charge < -0.3 is 0 Å². The van der Waals surface area contributed by atoms with Crippen molar-refractivity contribution in [3.63, 3.8) is 0 Å². The quantitative estimate of drug-likeness (QED) is 0.852. The van der Waals surface area contributed by atoms with Crippen molar-refractivity contribution in [2.45, 2.75) is 47.9 Å². The van der Waals surface area contributed by atoms with Crippen LogP contribution in [0.15, 0.2) is 29.2 Å². The van der Waals surface area contributed by atoms with Gasteiger partial charge in [0.1, 0.15) is 0 Å². The van der Waals surface area contributed by atoms with Gasteiger partial charge in [0.25, 0.3) is 0 Å². The lowest BCUT2D eigenvalue weighted by atomic mass is 10.1. The number of hydrogen-bond acceptors (Lipinski definition) is 3. The largest absolute Gasteiger partial charge is 0.243 e. The number of fused-ring (bicyclic) bond motifs is 2. The Morgan fingerprint density at radius 3 is 2.45 bits per heavy atom. The van der Waals surface area contributed by atoms with Gasteiger partial charge in [0, 0.05) is 22.4 Å². The van der Waals surface area contributed by atoms with E-state index in [1.165, 1.54) is 0 Å². The van der Waals surface area contributed by atoms with E-state index < -0.39 is 10.0 Å². The molecule has 2 aliphatic heterocycles. The molecular formula is C14H18ClNO2S2. The Balaban J connectivity index is 1.93. The van der Waals surface area contributed by atoms with Gasteiger partial charge in [0.05, 0.1) is 4.90 Å². The Kier molecular flexibility index (Phi) is 4.06. The van der Waals surface area contributed by atoms with Gasteiger partial charge in [-0.2, -0.15) is 16.1 Å². The summed E-state index contributed by atoms with van der Waals surface area (Å²) in [5, 5.41) is 1.07. The van der Waals surface area contributed by atoms with Gasteiger partial charge in [-0.15, -0.1) is 0 Å². The van der Waals surface area contributed by atoms with Gasteiger partial charge in [-0.25, -0.2) is 8.42 Å². The van der Waals surface area contributed by atoms with Gasteiger partial charge in [-0.1, -0.05) is 17.7 Å². The number of halogens is 1. The monoisotopic (exact) mass is 331 g/mol. The van der Waals surface area contributed by atoms with Gasteiger partial charge in [-0.3, -0.25) is 0 Å². The fraction of sp³-hybridized carbons (Fsp3) is 0.571. The number of nitrogens with zero attached hydrogens (tertiary/aromatic N) is 1. The molecule has 1 aromatic rings. The Bertz CT molecular complexity index is 591. The fourth-order valence-corrected chi connectivity index (χ4v) is 6.44. The molecule has 0 radical (unpaired) electrons. The zero-order valence-corrected chi connectivity index (χ0v) is 13.7. The molecular weight excluding hydrogens is 314 g/mol. The van der Waals surface area contributed by atoms with Crippen LogP contribution in [0.4, 0.5) is 0 Å². The average Bonchev–Trinajstić information content (AvgIpc) is 2.71. The second kappa shape index (κ2) is 5.52. The third-order valence-corrected chi connectivity index (χ3v) is 7.62. The summed E-state index contributed by atoms with van der Waals surface area (Å²) in [5.74, 6) is 0. The number of rotatable bonds is 3. The highest BCUT2D eigenvalue weighted by Crippen LogP contribution is 2.42. The second-order valence-corrected chi connectivity index (χ2v) is 8.92. The predicted octanol–water partition coefficient (Wildman–Crippen LogP) is 3.39. The molecule has 2 bridgehead atoms. The summed E-state index contributed by atoms with van der Waals surface area (Å²) >= 11 is 7.80. The standard InChI is InChI=1S/C14H18ClNO2S2/c1-19-13-8-11-5-6-12(9-13)16(11)20(17,18)14-4-2-3-10(15)7-14/h2-4,7,11-13H,5-6,8-9H2,1H3. The van der Waals surface area contributed by atoms with E-state index in [-0.39, 0.29) is 12.1 Å². The third-order valence-electron chi connectivity index (χ3n) is 4.33. The number of thioether (sulfide) groups is 1. The molecule has 2 saturated heterocycles. The number of benzene rings is 1. The highest BCUT2D eigenvalue weighted by molar-refractivity contribution is 7.99. The first-order valence-corrected chi connectivity index (χ1v) is 9.95. The van der Waals surface area contributed by atoms with Crippen LogP contribution in [0.3, 0.4) is 0 Å². The lowest BCUT2D eigenvalue weighted by molar-refractivity contribution is 0.253. The molecule has 20 heavy (non-hydrogen) atoms. The molecule has 0 saturated carbocycles. The maximum Gasteiger partial charge on any atom is 0.243 e. The third kappa shape index (κ3) is 2.49. The van der Waals surface area contributed by atoms with Gasteiger partial charge >= 0.3 is 0 Å². The second-order valence-electron chi connectivity index (χ2n) is 5.51. The van der Waals surface area contributed by atoms with E-state index in [9.17, 15) is 8.42 Å². The molecule has 3 rings (SSSR count). The summed E-state index contributed by atoms with van der Waals surface area (Å²) in [6, 6.07) is 6.92. The van der Waals surface area contributed by atoms with Crippen molar-refractivity contribution in [3.05, 3.63) is 29.3 Å². The van der Waals surface area contributed by atoms with Gasteiger partial charge in [0.2, 0.25) is 10.0 Å². The first kappa shape index (κ1) is 14.7.